The summed E-state index contributed by atoms with van der Waals surface area (Å²) in [6.45, 7) is 1.89. The Morgan fingerprint density at radius 3 is 2.93 bits per heavy atom. The van der Waals surface area contributed by atoms with Gasteiger partial charge in [0.1, 0.15) is 5.76 Å². The van der Waals surface area contributed by atoms with Gasteiger partial charge in [0, 0.05) is 0 Å². The highest BCUT2D eigenvalue weighted by atomic mass is 32.1. The molecule has 2 heterocycles. The van der Waals surface area contributed by atoms with Crippen LogP contribution in [0.2, 0.25) is 0 Å². The van der Waals surface area contributed by atoms with Crippen molar-refractivity contribution in [3.8, 4) is 0 Å². The first-order valence-electron chi connectivity index (χ1n) is 4.65. The van der Waals surface area contributed by atoms with Crippen LogP contribution in [0.5, 0.6) is 0 Å². The van der Waals surface area contributed by atoms with Crippen molar-refractivity contribution >= 4 is 17.2 Å². The molecule has 0 aromatic carbocycles. The van der Waals surface area contributed by atoms with Crippen LogP contribution in [-0.2, 0) is 0 Å². The summed E-state index contributed by atoms with van der Waals surface area (Å²) in [6.07, 6.45) is 1.60. The molecule has 4 heteroatoms. The molecule has 0 radical (unpaired) electrons. The Morgan fingerprint density at radius 1 is 1.47 bits per heavy atom. The standard InChI is InChI=1S/C11H11NO2S/c1-8(9-4-2-6-14-9)12-11(13)10-5-3-7-15-10/h2-8H,1H3,(H,12,13). The van der Waals surface area contributed by atoms with Crippen LogP contribution >= 0.6 is 11.3 Å². The van der Waals surface area contributed by atoms with Crippen molar-refractivity contribution in [1.29, 1.82) is 0 Å². The van der Waals surface area contributed by atoms with Crippen molar-refractivity contribution in [1.82, 2.24) is 5.32 Å². The fourth-order valence-corrected chi connectivity index (χ4v) is 1.91. The first kappa shape index (κ1) is 9.98. The van der Waals surface area contributed by atoms with E-state index in [1.54, 1.807) is 12.3 Å². The topological polar surface area (TPSA) is 42.2 Å². The molecule has 0 aliphatic carbocycles. The van der Waals surface area contributed by atoms with Gasteiger partial charge < -0.3 is 9.73 Å². The number of carbonyl (C=O) groups is 1. The van der Waals surface area contributed by atoms with Gasteiger partial charge in [-0.2, -0.15) is 0 Å². The summed E-state index contributed by atoms with van der Waals surface area (Å²) < 4.78 is 5.20. The number of furan rings is 1. The molecule has 0 saturated heterocycles. The molecule has 1 unspecified atom stereocenters. The lowest BCUT2D eigenvalue weighted by Gasteiger charge is -2.09. The second kappa shape index (κ2) is 4.31. The highest BCUT2D eigenvalue weighted by molar-refractivity contribution is 7.12. The summed E-state index contributed by atoms with van der Waals surface area (Å²) >= 11 is 1.43. The van der Waals surface area contributed by atoms with Crippen molar-refractivity contribution in [3.05, 3.63) is 46.5 Å². The first-order valence-corrected chi connectivity index (χ1v) is 5.53. The first-order chi connectivity index (χ1) is 7.27. The minimum Gasteiger partial charge on any atom is -0.467 e. The summed E-state index contributed by atoms with van der Waals surface area (Å²) in [6, 6.07) is 7.21. The zero-order chi connectivity index (χ0) is 10.7. The van der Waals surface area contributed by atoms with Gasteiger partial charge in [-0.1, -0.05) is 6.07 Å². The van der Waals surface area contributed by atoms with Crippen molar-refractivity contribution in [2.24, 2.45) is 0 Å². The molecule has 0 fully saturated rings. The van der Waals surface area contributed by atoms with Gasteiger partial charge in [-0.25, -0.2) is 0 Å². The van der Waals surface area contributed by atoms with E-state index in [0.717, 1.165) is 5.76 Å². The normalized spacial score (nSPS) is 12.3. The van der Waals surface area contributed by atoms with Crippen molar-refractivity contribution in [3.63, 3.8) is 0 Å². The Hall–Kier alpha value is -1.55. The number of amides is 1. The van der Waals surface area contributed by atoms with Crippen LogP contribution in [0.4, 0.5) is 0 Å². The van der Waals surface area contributed by atoms with Gasteiger partial charge in [0.15, 0.2) is 0 Å². The largest absolute Gasteiger partial charge is 0.467 e. The van der Waals surface area contributed by atoms with Crippen molar-refractivity contribution < 1.29 is 9.21 Å². The Bertz CT molecular complexity index is 419. The fourth-order valence-electron chi connectivity index (χ4n) is 1.28. The lowest BCUT2D eigenvalue weighted by Crippen LogP contribution is -2.25. The summed E-state index contributed by atoms with van der Waals surface area (Å²) in [5, 5.41) is 4.74. The number of hydrogen-bond donors (Lipinski definition) is 1. The van der Waals surface area contributed by atoms with E-state index in [1.165, 1.54) is 11.3 Å². The molecule has 0 spiro atoms. The quantitative estimate of drug-likeness (QED) is 0.866. The molecule has 1 amide bonds. The molecular formula is C11H11NO2S. The average molecular weight is 221 g/mol. The molecule has 3 nitrogen and oxygen atoms in total. The van der Waals surface area contributed by atoms with E-state index < -0.39 is 0 Å². The molecule has 2 rings (SSSR count). The van der Waals surface area contributed by atoms with Crippen molar-refractivity contribution in [2.75, 3.05) is 0 Å². The average Bonchev–Trinajstić information content (AvgIpc) is 2.91. The van der Waals surface area contributed by atoms with E-state index >= 15 is 0 Å². The molecule has 0 aliphatic heterocycles. The summed E-state index contributed by atoms with van der Waals surface area (Å²) in [4.78, 5) is 12.4. The lowest BCUT2D eigenvalue weighted by molar-refractivity contribution is 0.0939. The van der Waals surface area contributed by atoms with Gasteiger partial charge in [-0.15, -0.1) is 11.3 Å². The van der Waals surface area contributed by atoms with Gasteiger partial charge in [0.25, 0.3) is 5.91 Å². The number of thiophene rings is 1. The maximum atomic E-state index is 11.7. The van der Waals surface area contributed by atoms with Crippen LogP contribution in [-0.4, -0.2) is 5.91 Å². The summed E-state index contributed by atoms with van der Waals surface area (Å²) in [5.74, 6) is 0.703. The second-order valence-electron chi connectivity index (χ2n) is 3.19. The van der Waals surface area contributed by atoms with E-state index in [4.69, 9.17) is 4.42 Å². The van der Waals surface area contributed by atoms with Crippen molar-refractivity contribution in [2.45, 2.75) is 13.0 Å². The predicted octanol–water partition coefficient (Wildman–Crippen LogP) is 2.83. The smallest absolute Gasteiger partial charge is 0.261 e. The minimum absolute atomic E-state index is 0.0612. The minimum atomic E-state index is -0.102. The van der Waals surface area contributed by atoms with E-state index in [9.17, 15) is 4.79 Å². The maximum Gasteiger partial charge on any atom is 0.261 e. The van der Waals surface area contributed by atoms with Crippen LogP contribution in [0, 0.1) is 0 Å². The number of rotatable bonds is 3. The lowest BCUT2D eigenvalue weighted by atomic mass is 10.2. The predicted molar refractivity (Wildman–Crippen MR) is 58.9 cm³/mol. The van der Waals surface area contributed by atoms with E-state index in [1.807, 2.05) is 30.5 Å². The van der Waals surface area contributed by atoms with Crippen LogP contribution in [0.3, 0.4) is 0 Å². The molecule has 1 atom stereocenters. The molecule has 2 aromatic heterocycles. The molecule has 0 saturated carbocycles. The Kier molecular flexibility index (Phi) is 2.87. The van der Waals surface area contributed by atoms with Crippen LogP contribution in [0.15, 0.2) is 40.3 Å². The Balaban J connectivity index is 2.01. The Labute approximate surface area is 91.7 Å². The van der Waals surface area contributed by atoms with Gasteiger partial charge in [0.2, 0.25) is 0 Å². The van der Waals surface area contributed by atoms with E-state index in [2.05, 4.69) is 5.32 Å². The third-order valence-electron chi connectivity index (χ3n) is 2.06. The number of hydrogen-bond acceptors (Lipinski definition) is 3. The van der Waals surface area contributed by atoms with Crippen LogP contribution in [0.25, 0.3) is 0 Å². The molecule has 15 heavy (non-hydrogen) atoms. The van der Waals surface area contributed by atoms with E-state index in [-0.39, 0.29) is 11.9 Å². The van der Waals surface area contributed by atoms with E-state index in [0.29, 0.717) is 4.88 Å². The molecule has 2 aromatic rings. The summed E-state index contributed by atoms with van der Waals surface area (Å²) in [5.41, 5.74) is 0. The third-order valence-corrected chi connectivity index (χ3v) is 2.93. The highest BCUT2D eigenvalue weighted by Gasteiger charge is 2.13. The number of carbonyl (C=O) groups excluding carboxylic acids is 1. The molecule has 0 bridgehead atoms. The zero-order valence-corrected chi connectivity index (χ0v) is 9.08. The molecule has 0 aliphatic rings. The summed E-state index contributed by atoms with van der Waals surface area (Å²) in [7, 11) is 0. The van der Waals surface area contributed by atoms with Gasteiger partial charge in [-0.05, 0) is 30.5 Å². The van der Waals surface area contributed by atoms with Gasteiger partial charge >= 0.3 is 0 Å². The zero-order valence-electron chi connectivity index (χ0n) is 8.27. The SMILES string of the molecule is CC(NC(=O)c1cccs1)c1ccco1. The van der Waals surface area contributed by atoms with Crippen LogP contribution in [0.1, 0.15) is 28.4 Å². The number of nitrogens with one attached hydrogen (secondary N) is 1. The second-order valence-corrected chi connectivity index (χ2v) is 4.14. The fraction of sp³-hybridized carbons (Fsp3) is 0.182. The molecule has 78 valence electrons. The highest BCUT2D eigenvalue weighted by Crippen LogP contribution is 2.14. The Morgan fingerprint density at radius 2 is 2.33 bits per heavy atom. The van der Waals surface area contributed by atoms with Gasteiger partial charge in [-0.3, -0.25) is 4.79 Å². The van der Waals surface area contributed by atoms with Gasteiger partial charge in [0.05, 0.1) is 17.2 Å². The van der Waals surface area contributed by atoms with Crippen LogP contribution < -0.4 is 5.32 Å². The monoisotopic (exact) mass is 221 g/mol. The molecule has 1 N–H and O–H groups in total. The maximum absolute atomic E-state index is 11.7. The molecular weight excluding hydrogens is 210 g/mol. The third kappa shape index (κ3) is 2.27.